The summed E-state index contributed by atoms with van der Waals surface area (Å²) in [6.45, 7) is 5.52. The van der Waals surface area contributed by atoms with Crippen molar-refractivity contribution in [1.82, 2.24) is 4.98 Å². The van der Waals surface area contributed by atoms with Gasteiger partial charge in [0, 0.05) is 39.5 Å². The number of hydrogen-bond acceptors (Lipinski definition) is 4. The molecule has 0 saturated carbocycles. The summed E-state index contributed by atoms with van der Waals surface area (Å²) in [5.41, 5.74) is 2.28. The summed E-state index contributed by atoms with van der Waals surface area (Å²) in [6, 6.07) is 14.4. The maximum atomic E-state index is 12.5. The standard InChI is InChI=1S/C21H21N3O2S/c1-21(2,3)20(26)24-17-6-4-5-15(13-17)18(25)23-16-9-7-14(8-10-16)19-22-11-12-27-19/h4-13H,1-3H3,(H,23,25)(H,24,26). The van der Waals surface area contributed by atoms with Gasteiger partial charge in [-0.25, -0.2) is 4.98 Å². The Hall–Kier alpha value is -2.99. The Morgan fingerprint density at radius 2 is 1.70 bits per heavy atom. The predicted octanol–water partition coefficient (Wildman–Crippen LogP) is 5.05. The van der Waals surface area contributed by atoms with Crippen molar-refractivity contribution in [3.8, 4) is 10.6 Å². The van der Waals surface area contributed by atoms with E-state index >= 15 is 0 Å². The number of thiazole rings is 1. The van der Waals surface area contributed by atoms with E-state index in [0.717, 1.165) is 10.6 Å². The van der Waals surface area contributed by atoms with Gasteiger partial charge in [0.25, 0.3) is 5.91 Å². The highest BCUT2D eigenvalue weighted by atomic mass is 32.1. The Morgan fingerprint density at radius 1 is 0.963 bits per heavy atom. The van der Waals surface area contributed by atoms with Crippen LogP contribution >= 0.6 is 11.3 Å². The summed E-state index contributed by atoms with van der Waals surface area (Å²) < 4.78 is 0. The summed E-state index contributed by atoms with van der Waals surface area (Å²) in [7, 11) is 0. The molecule has 5 nitrogen and oxygen atoms in total. The lowest BCUT2D eigenvalue weighted by Crippen LogP contribution is -2.27. The summed E-state index contributed by atoms with van der Waals surface area (Å²) in [6.07, 6.45) is 1.76. The third kappa shape index (κ3) is 4.80. The van der Waals surface area contributed by atoms with Crippen molar-refractivity contribution >= 4 is 34.5 Å². The van der Waals surface area contributed by atoms with Crippen LogP contribution in [-0.4, -0.2) is 16.8 Å². The zero-order chi connectivity index (χ0) is 19.4. The number of hydrogen-bond donors (Lipinski definition) is 2. The van der Waals surface area contributed by atoms with Crippen molar-refractivity contribution in [1.29, 1.82) is 0 Å². The van der Waals surface area contributed by atoms with Gasteiger partial charge < -0.3 is 10.6 Å². The molecule has 0 bridgehead atoms. The molecule has 27 heavy (non-hydrogen) atoms. The third-order valence-corrected chi connectivity index (χ3v) is 4.71. The molecule has 1 heterocycles. The fraction of sp³-hybridized carbons (Fsp3) is 0.190. The molecule has 0 aliphatic carbocycles. The maximum Gasteiger partial charge on any atom is 0.255 e. The van der Waals surface area contributed by atoms with E-state index in [-0.39, 0.29) is 11.8 Å². The molecule has 2 aromatic carbocycles. The van der Waals surface area contributed by atoms with Gasteiger partial charge in [0.1, 0.15) is 5.01 Å². The Balaban J connectivity index is 1.69. The van der Waals surface area contributed by atoms with Crippen LogP contribution in [0.5, 0.6) is 0 Å². The molecule has 2 amide bonds. The van der Waals surface area contributed by atoms with Crippen LogP contribution in [0.15, 0.2) is 60.1 Å². The van der Waals surface area contributed by atoms with Crippen LogP contribution in [-0.2, 0) is 4.79 Å². The molecule has 0 radical (unpaired) electrons. The Labute approximate surface area is 162 Å². The van der Waals surface area contributed by atoms with E-state index in [2.05, 4.69) is 15.6 Å². The van der Waals surface area contributed by atoms with Crippen LogP contribution in [0.1, 0.15) is 31.1 Å². The molecule has 0 unspecified atom stereocenters. The predicted molar refractivity (Wildman–Crippen MR) is 110 cm³/mol. The molecule has 138 valence electrons. The minimum Gasteiger partial charge on any atom is -0.326 e. The van der Waals surface area contributed by atoms with Crippen LogP contribution < -0.4 is 10.6 Å². The quantitative estimate of drug-likeness (QED) is 0.666. The van der Waals surface area contributed by atoms with Gasteiger partial charge in [0.05, 0.1) is 0 Å². The van der Waals surface area contributed by atoms with Gasteiger partial charge in [0.15, 0.2) is 0 Å². The van der Waals surface area contributed by atoms with E-state index in [1.54, 1.807) is 41.8 Å². The van der Waals surface area contributed by atoms with E-state index in [1.165, 1.54) is 0 Å². The first-order valence-corrected chi connectivity index (χ1v) is 9.44. The largest absolute Gasteiger partial charge is 0.326 e. The fourth-order valence-corrected chi connectivity index (χ4v) is 2.97. The topological polar surface area (TPSA) is 71.1 Å². The lowest BCUT2D eigenvalue weighted by atomic mass is 9.95. The molecular formula is C21H21N3O2S. The van der Waals surface area contributed by atoms with E-state index in [9.17, 15) is 9.59 Å². The number of carbonyl (C=O) groups excluding carboxylic acids is 2. The molecule has 0 aliphatic rings. The third-order valence-electron chi connectivity index (χ3n) is 3.89. The molecular weight excluding hydrogens is 358 g/mol. The number of nitrogens with one attached hydrogen (secondary N) is 2. The van der Waals surface area contributed by atoms with Gasteiger partial charge in [-0.1, -0.05) is 26.8 Å². The Bertz CT molecular complexity index is 942. The summed E-state index contributed by atoms with van der Waals surface area (Å²) in [4.78, 5) is 28.9. The smallest absolute Gasteiger partial charge is 0.255 e. The first-order valence-electron chi connectivity index (χ1n) is 8.56. The number of rotatable bonds is 4. The van der Waals surface area contributed by atoms with Crippen LogP contribution in [0.3, 0.4) is 0 Å². The Morgan fingerprint density at radius 3 is 2.33 bits per heavy atom. The van der Waals surface area contributed by atoms with Gasteiger partial charge in [-0.2, -0.15) is 0 Å². The first kappa shape index (κ1) is 18.8. The fourth-order valence-electron chi connectivity index (χ4n) is 2.32. The highest BCUT2D eigenvalue weighted by molar-refractivity contribution is 7.13. The number of amides is 2. The number of carbonyl (C=O) groups is 2. The normalized spacial score (nSPS) is 11.1. The molecule has 3 rings (SSSR count). The highest BCUT2D eigenvalue weighted by Gasteiger charge is 2.21. The second kappa shape index (κ2) is 7.72. The molecule has 6 heteroatoms. The molecule has 0 fully saturated rings. The maximum absolute atomic E-state index is 12.5. The number of anilines is 2. The monoisotopic (exact) mass is 379 g/mol. The zero-order valence-electron chi connectivity index (χ0n) is 15.4. The summed E-state index contributed by atoms with van der Waals surface area (Å²) >= 11 is 1.57. The molecule has 3 aromatic rings. The molecule has 2 N–H and O–H groups in total. The molecule has 1 aromatic heterocycles. The summed E-state index contributed by atoms with van der Waals surface area (Å²) in [5.74, 6) is -0.332. The van der Waals surface area contributed by atoms with E-state index < -0.39 is 5.41 Å². The second-order valence-electron chi connectivity index (χ2n) is 7.15. The van der Waals surface area contributed by atoms with Crippen LogP contribution in [0.2, 0.25) is 0 Å². The second-order valence-corrected chi connectivity index (χ2v) is 8.05. The van der Waals surface area contributed by atoms with Crippen molar-refractivity contribution < 1.29 is 9.59 Å². The lowest BCUT2D eigenvalue weighted by Gasteiger charge is -2.18. The average molecular weight is 379 g/mol. The van der Waals surface area contributed by atoms with Gasteiger partial charge in [0.2, 0.25) is 5.91 Å². The highest BCUT2D eigenvalue weighted by Crippen LogP contribution is 2.24. The van der Waals surface area contributed by atoms with E-state index in [4.69, 9.17) is 0 Å². The van der Waals surface area contributed by atoms with Gasteiger partial charge in [-0.15, -0.1) is 11.3 Å². The van der Waals surface area contributed by atoms with Crippen LogP contribution in [0, 0.1) is 5.41 Å². The zero-order valence-corrected chi connectivity index (χ0v) is 16.3. The lowest BCUT2D eigenvalue weighted by molar-refractivity contribution is -0.123. The van der Waals surface area contributed by atoms with Gasteiger partial charge >= 0.3 is 0 Å². The molecule has 0 saturated heterocycles. The van der Waals surface area contributed by atoms with Gasteiger partial charge in [-0.05, 0) is 42.5 Å². The average Bonchev–Trinajstić information content (AvgIpc) is 3.16. The van der Waals surface area contributed by atoms with Crippen molar-refractivity contribution in [2.45, 2.75) is 20.8 Å². The van der Waals surface area contributed by atoms with Crippen LogP contribution in [0.4, 0.5) is 11.4 Å². The Kier molecular flexibility index (Phi) is 5.37. The van der Waals surface area contributed by atoms with Gasteiger partial charge in [-0.3, -0.25) is 9.59 Å². The SMILES string of the molecule is CC(C)(C)C(=O)Nc1cccc(C(=O)Nc2ccc(-c3nccs3)cc2)c1. The van der Waals surface area contributed by atoms with Crippen LogP contribution in [0.25, 0.3) is 10.6 Å². The number of nitrogens with zero attached hydrogens (tertiary/aromatic N) is 1. The van der Waals surface area contributed by atoms with E-state index in [1.807, 2.05) is 50.4 Å². The minimum absolute atomic E-state index is 0.0992. The van der Waals surface area contributed by atoms with Crippen molar-refractivity contribution in [2.24, 2.45) is 5.41 Å². The van der Waals surface area contributed by atoms with E-state index in [0.29, 0.717) is 16.9 Å². The van der Waals surface area contributed by atoms with Crippen molar-refractivity contribution in [3.63, 3.8) is 0 Å². The molecule has 0 atom stereocenters. The number of aromatic nitrogens is 1. The summed E-state index contributed by atoms with van der Waals surface area (Å²) in [5, 5.41) is 8.58. The minimum atomic E-state index is -0.503. The van der Waals surface area contributed by atoms with Crippen molar-refractivity contribution in [2.75, 3.05) is 10.6 Å². The van der Waals surface area contributed by atoms with Crippen molar-refractivity contribution in [3.05, 3.63) is 65.7 Å². The molecule has 0 aliphatic heterocycles. The molecule has 0 spiro atoms. The number of benzene rings is 2. The first-order chi connectivity index (χ1) is 12.8.